The first-order valence-electron chi connectivity index (χ1n) is 8.00. The normalized spacial score (nSPS) is 22.9. The molecule has 1 fully saturated rings. The number of hydrogen-bond acceptors (Lipinski definition) is 2. The Hall–Kier alpha value is -1.35. The number of hydrogen-bond donors (Lipinski definition) is 2. The predicted molar refractivity (Wildman–Crippen MR) is 87.4 cm³/mol. The van der Waals surface area contributed by atoms with Crippen LogP contribution >= 0.6 is 0 Å². The summed E-state index contributed by atoms with van der Waals surface area (Å²) in [5.41, 5.74) is 8.02. The van der Waals surface area contributed by atoms with Crippen molar-refractivity contribution < 1.29 is 4.79 Å². The van der Waals surface area contributed by atoms with Crippen molar-refractivity contribution in [3.05, 3.63) is 35.4 Å². The summed E-state index contributed by atoms with van der Waals surface area (Å²) in [7, 11) is 0. The van der Waals surface area contributed by atoms with E-state index in [0.29, 0.717) is 12.0 Å². The molecule has 0 spiro atoms. The zero-order valence-electron chi connectivity index (χ0n) is 13.5. The summed E-state index contributed by atoms with van der Waals surface area (Å²) in [5.74, 6) is 0.618. The van der Waals surface area contributed by atoms with Crippen molar-refractivity contribution in [2.75, 3.05) is 6.54 Å². The Balaban J connectivity index is 1.86. The van der Waals surface area contributed by atoms with Gasteiger partial charge < -0.3 is 11.1 Å². The van der Waals surface area contributed by atoms with E-state index in [2.05, 4.69) is 38.2 Å². The van der Waals surface area contributed by atoms with Crippen molar-refractivity contribution in [1.82, 2.24) is 5.32 Å². The lowest BCUT2D eigenvalue weighted by Crippen LogP contribution is -2.34. The Labute approximate surface area is 128 Å². The second-order valence-corrected chi connectivity index (χ2v) is 7.32. The minimum atomic E-state index is 0.0327. The molecule has 0 radical (unpaired) electrons. The molecule has 0 atom stereocenters. The fourth-order valence-electron chi connectivity index (χ4n) is 2.85. The van der Waals surface area contributed by atoms with Gasteiger partial charge in [0.05, 0.1) is 0 Å². The molecule has 1 amide bonds. The monoisotopic (exact) mass is 288 g/mol. The quantitative estimate of drug-likeness (QED) is 0.897. The van der Waals surface area contributed by atoms with Gasteiger partial charge in [0.1, 0.15) is 0 Å². The predicted octanol–water partition coefficient (Wildman–Crippen LogP) is 3.23. The van der Waals surface area contributed by atoms with E-state index in [4.69, 9.17) is 5.73 Å². The van der Waals surface area contributed by atoms with Crippen LogP contribution in [0.2, 0.25) is 0 Å². The first-order chi connectivity index (χ1) is 9.86. The van der Waals surface area contributed by atoms with Crippen molar-refractivity contribution in [3.8, 4) is 0 Å². The SMILES string of the molecule is CC(C)(C)c1ccc(C(=O)NCC2CCC(N)CC2)cc1. The van der Waals surface area contributed by atoms with E-state index in [0.717, 1.165) is 37.8 Å². The molecule has 116 valence electrons. The molecule has 0 bridgehead atoms. The maximum absolute atomic E-state index is 12.2. The van der Waals surface area contributed by atoms with Crippen LogP contribution in [-0.2, 0) is 5.41 Å². The second kappa shape index (κ2) is 6.61. The maximum Gasteiger partial charge on any atom is 0.251 e. The van der Waals surface area contributed by atoms with Crippen LogP contribution in [-0.4, -0.2) is 18.5 Å². The molecule has 0 aromatic heterocycles. The maximum atomic E-state index is 12.2. The van der Waals surface area contributed by atoms with Gasteiger partial charge in [-0.3, -0.25) is 4.79 Å². The molecule has 3 nitrogen and oxygen atoms in total. The highest BCUT2D eigenvalue weighted by Gasteiger charge is 2.19. The molecule has 0 unspecified atom stereocenters. The molecule has 0 saturated heterocycles. The van der Waals surface area contributed by atoms with Crippen molar-refractivity contribution in [1.29, 1.82) is 0 Å². The van der Waals surface area contributed by atoms with Crippen LogP contribution in [0.3, 0.4) is 0 Å². The zero-order valence-corrected chi connectivity index (χ0v) is 13.5. The number of benzene rings is 1. The number of carbonyl (C=O) groups is 1. The van der Waals surface area contributed by atoms with Crippen LogP contribution in [0.15, 0.2) is 24.3 Å². The van der Waals surface area contributed by atoms with Crippen molar-refractivity contribution >= 4 is 5.91 Å². The van der Waals surface area contributed by atoms with Gasteiger partial charge >= 0.3 is 0 Å². The third-order valence-corrected chi connectivity index (χ3v) is 4.46. The summed E-state index contributed by atoms with van der Waals surface area (Å²) in [4.78, 5) is 12.2. The average molecular weight is 288 g/mol. The van der Waals surface area contributed by atoms with E-state index in [1.807, 2.05) is 12.1 Å². The third kappa shape index (κ3) is 4.57. The third-order valence-electron chi connectivity index (χ3n) is 4.46. The summed E-state index contributed by atoms with van der Waals surface area (Å²) in [6, 6.07) is 8.31. The molecular formula is C18H28N2O. The van der Waals surface area contributed by atoms with Gasteiger partial charge in [0, 0.05) is 18.2 Å². The Morgan fingerprint density at radius 2 is 1.71 bits per heavy atom. The topological polar surface area (TPSA) is 55.1 Å². The molecule has 2 rings (SSSR count). The number of nitrogens with one attached hydrogen (secondary N) is 1. The van der Waals surface area contributed by atoms with Gasteiger partial charge in [-0.05, 0) is 54.7 Å². The molecule has 3 heteroatoms. The Morgan fingerprint density at radius 3 is 2.24 bits per heavy atom. The zero-order chi connectivity index (χ0) is 15.5. The standard InChI is InChI=1S/C18H28N2O/c1-18(2,3)15-8-6-14(7-9-15)17(21)20-12-13-4-10-16(19)11-5-13/h6-9,13,16H,4-5,10-12,19H2,1-3H3,(H,20,21). The van der Waals surface area contributed by atoms with E-state index >= 15 is 0 Å². The van der Waals surface area contributed by atoms with Crippen molar-refractivity contribution in [3.63, 3.8) is 0 Å². The van der Waals surface area contributed by atoms with E-state index in [1.165, 1.54) is 5.56 Å². The molecule has 1 aromatic rings. The molecule has 1 aliphatic carbocycles. The molecular weight excluding hydrogens is 260 g/mol. The smallest absolute Gasteiger partial charge is 0.251 e. The molecule has 1 aromatic carbocycles. The van der Waals surface area contributed by atoms with Gasteiger partial charge in [-0.2, -0.15) is 0 Å². The summed E-state index contributed by atoms with van der Waals surface area (Å²) in [5, 5.41) is 3.06. The van der Waals surface area contributed by atoms with Crippen LogP contribution in [0.4, 0.5) is 0 Å². The van der Waals surface area contributed by atoms with E-state index in [9.17, 15) is 4.79 Å². The minimum Gasteiger partial charge on any atom is -0.352 e. The van der Waals surface area contributed by atoms with Crippen LogP contribution in [0, 0.1) is 5.92 Å². The van der Waals surface area contributed by atoms with Crippen LogP contribution < -0.4 is 11.1 Å². The Kier molecular flexibility index (Phi) is 5.04. The van der Waals surface area contributed by atoms with E-state index in [-0.39, 0.29) is 11.3 Å². The average Bonchev–Trinajstić information content (AvgIpc) is 2.45. The highest BCUT2D eigenvalue weighted by Crippen LogP contribution is 2.23. The fraction of sp³-hybridized carbons (Fsp3) is 0.611. The van der Waals surface area contributed by atoms with Gasteiger partial charge in [0.25, 0.3) is 5.91 Å². The lowest BCUT2D eigenvalue weighted by atomic mass is 9.86. The first kappa shape index (κ1) is 16.0. The van der Waals surface area contributed by atoms with E-state index in [1.54, 1.807) is 0 Å². The number of rotatable bonds is 3. The number of amides is 1. The summed E-state index contributed by atoms with van der Waals surface area (Å²) >= 11 is 0. The van der Waals surface area contributed by atoms with Gasteiger partial charge in [0.2, 0.25) is 0 Å². The van der Waals surface area contributed by atoms with Gasteiger partial charge in [-0.15, -0.1) is 0 Å². The van der Waals surface area contributed by atoms with Crippen LogP contribution in [0.1, 0.15) is 62.4 Å². The number of carbonyl (C=O) groups excluding carboxylic acids is 1. The lowest BCUT2D eigenvalue weighted by Gasteiger charge is -2.26. The Morgan fingerprint density at radius 1 is 1.14 bits per heavy atom. The largest absolute Gasteiger partial charge is 0.352 e. The Bertz CT molecular complexity index is 465. The molecule has 0 heterocycles. The van der Waals surface area contributed by atoms with Crippen LogP contribution in [0.5, 0.6) is 0 Å². The van der Waals surface area contributed by atoms with Crippen LogP contribution in [0.25, 0.3) is 0 Å². The van der Waals surface area contributed by atoms with Crippen molar-refractivity contribution in [2.45, 2.75) is 57.9 Å². The molecule has 3 N–H and O–H groups in total. The number of nitrogens with two attached hydrogens (primary N) is 1. The molecule has 0 aliphatic heterocycles. The molecule has 1 aliphatic rings. The second-order valence-electron chi connectivity index (χ2n) is 7.32. The summed E-state index contributed by atoms with van der Waals surface area (Å²) in [6.45, 7) is 7.30. The van der Waals surface area contributed by atoms with E-state index < -0.39 is 0 Å². The lowest BCUT2D eigenvalue weighted by molar-refractivity contribution is 0.0943. The highest BCUT2D eigenvalue weighted by molar-refractivity contribution is 5.94. The molecule has 1 saturated carbocycles. The fourth-order valence-corrected chi connectivity index (χ4v) is 2.85. The summed E-state index contributed by atoms with van der Waals surface area (Å²) in [6.07, 6.45) is 4.43. The summed E-state index contributed by atoms with van der Waals surface area (Å²) < 4.78 is 0. The van der Waals surface area contributed by atoms with Gasteiger partial charge in [-0.1, -0.05) is 32.9 Å². The van der Waals surface area contributed by atoms with Gasteiger partial charge in [0.15, 0.2) is 0 Å². The first-order valence-corrected chi connectivity index (χ1v) is 8.00. The van der Waals surface area contributed by atoms with Crippen molar-refractivity contribution in [2.24, 2.45) is 11.7 Å². The minimum absolute atomic E-state index is 0.0327. The molecule has 21 heavy (non-hydrogen) atoms. The van der Waals surface area contributed by atoms with Gasteiger partial charge in [-0.25, -0.2) is 0 Å². The highest BCUT2D eigenvalue weighted by atomic mass is 16.1.